The largest absolute Gasteiger partial charge is 0.356 e. The van der Waals surface area contributed by atoms with Gasteiger partial charge in [-0.15, -0.1) is 0 Å². The van der Waals surface area contributed by atoms with E-state index in [0.717, 1.165) is 22.0 Å². The zero-order valence-electron chi connectivity index (χ0n) is 10.5. The van der Waals surface area contributed by atoms with E-state index >= 15 is 0 Å². The first kappa shape index (κ1) is 11.4. The molecule has 0 unspecified atom stereocenters. The molecule has 0 amide bonds. The molecule has 3 aromatic heterocycles. The van der Waals surface area contributed by atoms with E-state index in [1.807, 2.05) is 40.9 Å². The van der Waals surface area contributed by atoms with Gasteiger partial charge in [-0.3, -0.25) is 0 Å². The molecule has 0 aliphatic heterocycles. The summed E-state index contributed by atoms with van der Waals surface area (Å²) in [6.07, 6.45) is 1.57. The van der Waals surface area contributed by atoms with Crippen molar-refractivity contribution < 1.29 is 0 Å². The molecule has 0 fully saturated rings. The summed E-state index contributed by atoms with van der Waals surface area (Å²) in [5, 5.41) is 8.49. The molecule has 1 N–H and O–H groups in total. The van der Waals surface area contributed by atoms with E-state index in [1.54, 1.807) is 17.7 Å². The topological polar surface area (TPSA) is 55.1 Å². The highest BCUT2D eigenvalue weighted by atomic mass is 32.1. The number of anilines is 1. The van der Waals surface area contributed by atoms with Crippen LogP contribution in [0.3, 0.4) is 0 Å². The van der Waals surface area contributed by atoms with Crippen molar-refractivity contribution >= 4 is 32.3 Å². The molecule has 0 spiro atoms. The Morgan fingerprint density at radius 2 is 2.05 bits per heavy atom. The van der Waals surface area contributed by atoms with Gasteiger partial charge in [-0.1, -0.05) is 29.5 Å². The van der Waals surface area contributed by atoms with Crippen molar-refractivity contribution in [1.82, 2.24) is 19.6 Å². The number of hydrogen-bond donors (Lipinski definition) is 1. The summed E-state index contributed by atoms with van der Waals surface area (Å²) in [4.78, 5) is 8.74. The Hall–Kier alpha value is -2.47. The lowest BCUT2D eigenvalue weighted by molar-refractivity contribution is 0.870. The highest BCUT2D eigenvalue weighted by Gasteiger charge is 2.05. The molecule has 0 radical (unpaired) electrons. The van der Waals surface area contributed by atoms with Crippen molar-refractivity contribution in [3.05, 3.63) is 54.5 Å². The van der Waals surface area contributed by atoms with Gasteiger partial charge in [0, 0.05) is 0 Å². The standard InChI is InChI=1S/C14H11N5S/c1-2-6-12-11(5-1)18-14(20-12)15-8-10-4-3-7-13-16-9-17-19(10)13/h1-7,9H,8H2,(H,15,18). The van der Waals surface area contributed by atoms with Crippen LogP contribution >= 0.6 is 11.3 Å². The Morgan fingerprint density at radius 3 is 3.00 bits per heavy atom. The fourth-order valence-corrected chi connectivity index (χ4v) is 3.01. The van der Waals surface area contributed by atoms with E-state index in [1.165, 1.54) is 4.70 Å². The van der Waals surface area contributed by atoms with Crippen LogP contribution < -0.4 is 5.32 Å². The van der Waals surface area contributed by atoms with Gasteiger partial charge >= 0.3 is 0 Å². The van der Waals surface area contributed by atoms with Crippen LogP contribution in [-0.4, -0.2) is 19.6 Å². The van der Waals surface area contributed by atoms with Crippen molar-refractivity contribution in [1.29, 1.82) is 0 Å². The Bertz CT molecular complexity index is 846. The van der Waals surface area contributed by atoms with Gasteiger partial charge in [-0.05, 0) is 24.3 Å². The minimum absolute atomic E-state index is 0.667. The van der Waals surface area contributed by atoms with E-state index in [2.05, 4.69) is 26.4 Å². The Morgan fingerprint density at radius 1 is 1.10 bits per heavy atom. The first-order valence-corrected chi connectivity index (χ1v) is 7.09. The average molecular weight is 281 g/mol. The average Bonchev–Trinajstić information content (AvgIpc) is 3.11. The molecule has 6 heteroatoms. The maximum absolute atomic E-state index is 4.56. The third-order valence-electron chi connectivity index (χ3n) is 3.09. The fraction of sp³-hybridized carbons (Fsp3) is 0.0714. The van der Waals surface area contributed by atoms with Gasteiger partial charge in [-0.2, -0.15) is 5.10 Å². The molecule has 0 atom stereocenters. The van der Waals surface area contributed by atoms with Gasteiger partial charge in [-0.25, -0.2) is 14.5 Å². The lowest BCUT2D eigenvalue weighted by Crippen LogP contribution is -2.05. The van der Waals surface area contributed by atoms with Crippen LogP contribution in [0.5, 0.6) is 0 Å². The summed E-state index contributed by atoms with van der Waals surface area (Å²) >= 11 is 1.66. The zero-order chi connectivity index (χ0) is 13.4. The van der Waals surface area contributed by atoms with Crippen LogP contribution in [-0.2, 0) is 6.54 Å². The van der Waals surface area contributed by atoms with Crippen LogP contribution in [0.4, 0.5) is 5.13 Å². The lowest BCUT2D eigenvalue weighted by Gasteiger charge is -2.04. The number of fused-ring (bicyclic) bond motifs is 2. The summed E-state index contributed by atoms with van der Waals surface area (Å²) in [7, 11) is 0. The number of nitrogens with zero attached hydrogens (tertiary/aromatic N) is 4. The molecule has 3 heterocycles. The van der Waals surface area contributed by atoms with E-state index < -0.39 is 0 Å². The fourth-order valence-electron chi connectivity index (χ4n) is 2.15. The number of hydrogen-bond acceptors (Lipinski definition) is 5. The number of thiazole rings is 1. The Kier molecular flexibility index (Phi) is 2.60. The van der Waals surface area contributed by atoms with Crippen molar-refractivity contribution in [2.24, 2.45) is 0 Å². The number of para-hydroxylation sites is 1. The quantitative estimate of drug-likeness (QED) is 0.627. The minimum Gasteiger partial charge on any atom is -0.356 e. The molecule has 4 rings (SSSR count). The van der Waals surface area contributed by atoms with Crippen LogP contribution in [0.15, 0.2) is 48.8 Å². The molecule has 0 aliphatic carbocycles. The first-order chi connectivity index (χ1) is 9.90. The zero-order valence-corrected chi connectivity index (χ0v) is 11.3. The monoisotopic (exact) mass is 281 g/mol. The number of rotatable bonds is 3. The van der Waals surface area contributed by atoms with Gasteiger partial charge < -0.3 is 5.32 Å². The Balaban J connectivity index is 1.62. The van der Waals surface area contributed by atoms with Crippen LogP contribution in [0, 0.1) is 0 Å². The maximum Gasteiger partial charge on any atom is 0.184 e. The van der Waals surface area contributed by atoms with Crippen LogP contribution in [0.2, 0.25) is 0 Å². The highest BCUT2D eigenvalue weighted by Crippen LogP contribution is 2.25. The third-order valence-corrected chi connectivity index (χ3v) is 4.09. The number of pyridine rings is 1. The molecule has 20 heavy (non-hydrogen) atoms. The molecule has 4 aromatic rings. The molecule has 0 aliphatic rings. The Labute approximate surface area is 118 Å². The molecule has 0 bridgehead atoms. The summed E-state index contributed by atoms with van der Waals surface area (Å²) < 4.78 is 3.02. The minimum atomic E-state index is 0.667. The number of nitrogens with one attached hydrogen (secondary N) is 1. The number of benzene rings is 1. The van der Waals surface area contributed by atoms with Crippen molar-refractivity contribution in [2.75, 3.05) is 5.32 Å². The first-order valence-electron chi connectivity index (χ1n) is 6.27. The molecule has 0 saturated carbocycles. The molecule has 0 saturated heterocycles. The SMILES string of the molecule is c1ccc2sc(NCc3cccc4ncnn34)nc2c1. The molecule has 5 nitrogen and oxygen atoms in total. The maximum atomic E-state index is 4.56. The van der Waals surface area contributed by atoms with Gasteiger partial charge in [0.1, 0.15) is 6.33 Å². The second kappa shape index (κ2) is 4.57. The smallest absolute Gasteiger partial charge is 0.184 e. The predicted molar refractivity (Wildman–Crippen MR) is 79.9 cm³/mol. The second-order valence-electron chi connectivity index (χ2n) is 4.39. The lowest BCUT2D eigenvalue weighted by atomic mass is 10.3. The van der Waals surface area contributed by atoms with Crippen LogP contribution in [0.1, 0.15) is 5.69 Å². The van der Waals surface area contributed by atoms with E-state index in [9.17, 15) is 0 Å². The molecular formula is C14H11N5S. The summed E-state index contributed by atoms with van der Waals surface area (Å²) in [5.74, 6) is 0. The van der Waals surface area contributed by atoms with Crippen LogP contribution in [0.25, 0.3) is 15.9 Å². The molecule has 1 aromatic carbocycles. The molecular weight excluding hydrogens is 270 g/mol. The van der Waals surface area contributed by atoms with Crippen molar-refractivity contribution in [3.8, 4) is 0 Å². The summed E-state index contributed by atoms with van der Waals surface area (Å²) in [6, 6.07) is 14.1. The second-order valence-corrected chi connectivity index (χ2v) is 5.42. The van der Waals surface area contributed by atoms with Crippen molar-refractivity contribution in [3.63, 3.8) is 0 Å². The van der Waals surface area contributed by atoms with Gasteiger partial charge in [0.25, 0.3) is 0 Å². The van der Waals surface area contributed by atoms with Gasteiger partial charge in [0.2, 0.25) is 0 Å². The number of aromatic nitrogens is 4. The van der Waals surface area contributed by atoms with Gasteiger partial charge in [0.15, 0.2) is 10.8 Å². The summed E-state index contributed by atoms with van der Waals surface area (Å²) in [5.41, 5.74) is 2.94. The highest BCUT2D eigenvalue weighted by molar-refractivity contribution is 7.22. The van der Waals surface area contributed by atoms with Gasteiger partial charge in [0.05, 0.1) is 22.5 Å². The van der Waals surface area contributed by atoms with E-state index in [0.29, 0.717) is 6.54 Å². The molecule has 98 valence electrons. The van der Waals surface area contributed by atoms with E-state index in [-0.39, 0.29) is 0 Å². The van der Waals surface area contributed by atoms with Crippen molar-refractivity contribution in [2.45, 2.75) is 6.54 Å². The van der Waals surface area contributed by atoms with E-state index in [4.69, 9.17) is 0 Å². The third kappa shape index (κ3) is 1.90. The normalized spacial score (nSPS) is 11.2. The predicted octanol–water partition coefficient (Wildman–Crippen LogP) is 2.95. The summed E-state index contributed by atoms with van der Waals surface area (Å²) in [6.45, 7) is 0.667.